The van der Waals surface area contributed by atoms with Gasteiger partial charge in [0.25, 0.3) is 0 Å². The fraction of sp³-hybridized carbons (Fsp3) is 0.214. The highest BCUT2D eigenvalue weighted by Gasteiger charge is 2.24. The van der Waals surface area contributed by atoms with E-state index in [9.17, 15) is 14.7 Å². The SMILES string of the molecule is Cc1ccn([C@H](CC(=O)c2ccc(Br)cc2)C(=O)O)n1. The van der Waals surface area contributed by atoms with Crippen molar-refractivity contribution in [3.63, 3.8) is 0 Å². The zero-order chi connectivity index (χ0) is 14.7. The molecule has 1 N–H and O–H groups in total. The smallest absolute Gasteiger partial charge is 0.328 e. The highest BCUT2D eigenvalue weighted by Crippen LogP contribution is 2.17. The molecule has 0 aliphatic heterocycles. The van der Waals surface area contributed by atoms with E-state index < -0.39 is 12.0 Å². The van der Waals surface area contributed by atoms with Crippen LogP contribution in [-0.2, 0) is 4.79 Å². The van der Waals surface area contributed by atoms with Gasteiger partial charge in [-0.1, -0.05) is 28.1 Å². The summed E-state index contributed by atoms with van der Waals surface area (Å²) in [7, 11) is 0. The van der Waals surface area contributed by atoms with Crippen molar-refractivity contribution < 1.29 is 14.7 Å². The summed E-state index contributed by atoms with van der Waals surface area (Å²) in [5.41, 5.74) is 1.20. The molecule has 2 aromatic rings. The van der Waals surface area contributed by atoms with E-state index in [0.29, 0.717) is 11.3 Å². The molecule has 0 amide bonds. The summed E-state index contributed by atoms with van der Waals surface area (Å²) in [6.45, 7) is 1.77. The molecule has 0 aliphatic rings. The van der Waals surface area contributed by atoms with Gasteiger partial charge in [-0.3, -0.25) is 9.48 Å². The Morgan fingerprint density at radius 2 is 1.95 bits per heavy atom. The van der Waals surface area contributed by atoms with Gasteiger partial charge in [0.1, 0.15) is 0 Å². The van der Waals surface area contributed by atoms with E-state index in [4.69, 9.17) is 0 Å². The van der Waals surface area contributed by atoms with Gasteiger partial charge in [-0.25, -0.2) is 4.79 Å². The number of carbonyl (C=O) groups excluding carboxylic acids is 1. The molecule has 0 saturated carbocycles. The number of nitrogens with zero attached hydrogens (tertiary/aromatic N) is 2. The van der Waals surface area contributed by atoms with E-state index in [2.05, 4.69) is 21.0 Å². The summed E-state index contributed by atoms with van der Waals surface area (Å²) < 4.78 is 2.18. The normalized spacial score (nSPS) is 12.1. The second-order valence-corrected chi connectivity index (χ2v) is 5.34. The molecule has 0 aliphatic carbocycles. The first-order valence-corrected chi connectivity index (χ1v) is 6.80. The van der Waals surface area contributed by atoms with Gasteiger partial charge in [-0.15, -0.1) is 0 Å². The molecule has 1 aromatic carbocycles. The van der Waals surface area contributed by atoms with Crippen LogP contribution < -0.4 is 0 Å². The molecule has 5 nitrogen and oxygen atoms in total. The molecule has 104 valence electrons. The number of carbonyl (C=O) groups is 2. The molecule has 0 bridgehead atoms. The fourth-order valence-corrected chi connectivity index (χ4v) is 2.09. The third kappa shape index (κ3) is 3.33. The van der Waals surface area contributed by atoms with Crippen LogP contribution in [0.2, 0.25) is 0 Å². The molecule has 20 heavy (non-hydrogen) atoms. The van der Waals surface area contributed by atoms with Crippen molar-refractivity contribution in [3.8, 4) is 0 Å². The van der Waals surface area contributed by atoms with E-state index in [1.165, 1.54) is 4.68 Å². The molecular weight excluding hydrogens is 324 g/mol. The predicted molar refractivity (Wildman–Crippen MR) is 76.7 cm³/mol. The van der Waals surface area contributed by atoms with Crippen LogP contribution >= 0.6 is 15.9 Å². The lowest BCUT2D eigenvalue weighted by Crippen LogP contribution is -2.23. The number of aryl methyl sites for hydroxylation is 1. The number of hydrogen-bond donors (Lipinski definition) is 1. The zero-order valence-electron chi connectivity index (χ0n) is 10.8. The molecule has 1 atom stereocenters. The third-order valence-corrected chi connectivity index (χ3v) is 3.42. The Bertz CT molecular complexity index is 634. The Morgan fingerprint density at radius 1 is 1.30 bits per heavy atom. The van der Waals surface area contributed by atoms with E-state index in [1.807, 2.05) is 0 Å². The van der Waals surface area contributed by atoms with Crippen LogP contribution in [0.5, 0.6) is 0 Å². The van der Waals surface area contributed by atoms with Crippen LogP contribution in [0.25, 0.3) is 0 Å². The molecule has 0 saturated heterocycles. The van der Waals surface area contributed by atoms with Gasteiger partial charge in [0.2, 0.25) is 0 Å². The lowest BCUT2D eigenvalue weighted by Gasteiger charge is -2.12. The number of aromatic nitrogens is 2. The average Bonchev–Trinajstić information content (AvgIpc) is 2.82. The number of halogens is 1. The topological polar surface area (TPSA) is 72.2 Å². The van der Waals surface area contributed by atoms with Gasteiger partial charge in [0, 0.05) is 22.7 Å². The molecule has 0 fully saturated rings. The molecule has 1 heterocycles. The summed E-state index contributed by atoms with van der Waals surface area (Å²) in [6.07, 6.45) is 1.45. The van der Waals surface area contributed by atoms with Crippen molar-refractivity contribution in [2.24, 2.45) is 0 Å². The number of benzene rings is 1. The number of aliphatic carboxylic acids is 1. The second kappa shape index (κ2) is 6.00. The maximum Gasteiger partial charge on any atom is 0.328 e. The maximum atomic E-state index is 12.1. The Hall–Kier alpha value is -1.95. The first kappa shape index (κ1) is 14.5. The number of ketones is 1. The average molecular weight is 337 g/mol. The van der Waals surface area contributed by atoms with E-state index in [-0.39, 0.29) is 12.2 Å². The number of Topliss-reactive ketones (excluding diaryl/α,β-unsaturated/α-hetero) is 1. The minimum atomic E-state index is -1.07. The van der Waals surface area contributed by atoms with Crippen LogP contribution in [-0.4, -0.2) is 26.6 Å². The van der Waals surface area contributed by atoms with Gasteiger partial charge in [0.05, 0.1) is 5.69 Å². The molecule has 0 radical (unpaired) electrons. The largest absolute Gasteiger partial charge is 0.480 e. The summed E-state index contributed by atoms with van der Waals surface area (Å²) in [4.78, 5) is 23.4. The molecule has 0 unspecified atom stereocenters. The van der Waals surface area contributed by atoms with E-state index in [1.54, 1.807) is 43.5 Å². The Morgan fingerprint density at radius 3 is 2.45 bits per heavy atom. The van der Waals surface area contributed by atoms with Crippen molar-refractivity contribution in [1.82, 2.24) is 9.78 Å². The highest BCUT2D eigenvalue weighted by molar-refractivity contribution is 9.10. The van der Waals surface area contributed by atoms with Gasteiger partial charge in [-0.2, -0.15) is 5.10 Å². The van der Waals surface area contributed by atoms with Crippen LogP contribution in [0.3, 0.4) is 0 Å². The summed E-state index contributed by atoms with van der Waals surface area (Å²) in [5.74, 6) is -1.29. The molecule has 1 aromatic heterocycles. The van der Waals surface area contributed by atoms with Crippen molar-refractivity contribution in [2.75, 3.05) is 0 Å². The molecule has 2 rings (SSSR count). The van der Waals surface area contributed by atoms with E-state index >= 15 is 0 Å². The number of rotatable bonds is 5. The minimum Gasteiger partial charge on any atom is -0.480 e. The summed E-state index contributed by atoms with van der Waals surface area (Å²) >= 11 is 3.29. The van der Waals surface area contributed by atoms with Crippen molar-refractivity contribution in [1.29, 1.82) is 0 Å². The molecule has 6 heteroatoms. The third-order valence-electron chi connectivity index (χ3n) is 2.89. The van der Waals surface area contributed by atoms with Crippen molar-refractivity contribution in [2.45, 2.75) is 19.4 Å². The summed E-state index contributed by atoms with van der Waals surface area (Å²) in [6, 6.07) is 7.56. The van der Waals surface area contributed by atoms with Crippen molar-refractivity contribution >= 4 is 27.7 Å². The van der Waals surface area contributed by atoms with Gasteiger partial charge >= 0.3 is 5.97 Å². The standard InChI is InChI=1S/C14H13BrN2O3/c1-9-6-7-17(16-9)12(14(19)20)8-13(18)10-2-4-11(15)5-3-10/h2-7,12H,8H2,1H3,(H,19,20)/t12-/m1/s1. The zero-order valence-corrected chi connectivity index (χ0v) is 12.4. The van der Waals surface area contributed by atoms with Crippen LogP contribution in [0.15, 0.2) is 41.0 Å². The Balaban J connectivity index is 2.18. The fourth-order valence-electron chi connectivity index (χ4n) is 1.83. The first-order valence-electron chi connectivity index (χ1n) is 6.00. The van der Waals surface area contributed by atoms with E-state index in [0.717, 1.165) is 4.47 Å². The van der Waals surface area contributed by atoms with Crippen LogP contribution in [0, 0.1) is 6.92 Å². The summed E-state index contributed by atoms with van der Waals surface area (Å²) in [5, 5.41) is 13.3. The second-order valence-electron chi connectivity index (χ2n) is 4.43. The van der Waals surface area contributed by atoms with Gasteiger partial charge < -0.3 is 5.11 Å². The van der Waals surface area contributed by atoms with Crippen molar-refractivity contribution in [3.05, 3.63) is 52.3 Å². The molecular formula is C14H13BrN2O3. The Labute approximate surface area is 124 Å². The number of carboxylic acids is 1. The highest BCUT2D eigenvalue weighted by atomic mass is 79.9. The Kier molecular flexibility index (Phi) is 4.34. The van der Waals surface area contributed by atoms with Gasteiger partial charge in [-0.05, 0) is 25.1 Å². The molecule has 0 spiro atoms. The van der Waals surface area contributed by atoms with Gasteiger partial charge in [0.15, 0.2) is 11.8 Å². The monoisotopic (exact) mass is 336 g/mol. The quantitative estimate of drug-likeness (QED) is 0.852. The number of carboxylic acid groups (broad SMARTS) is 1. The lowest BCUT2D eigenvalue weighted by atomic mass is 10.0. The first-order chi connectivity index (χ1) is 9.47. The maximum absolute atomic E-state index is 12.1. The van der Waals surface area contributed by atoms with Crippen LogP contribution in [0.1, 0.15) is 28.5 Å². The van der Waals surface area contributed by atoms with Crippen LogP contribution in [0.4, 0.5) is 0 Å². The minimum absolute atomic E-state index is 0.127. The lowest BCUT2D eigenvalue weighted by molar-refractivity contribution is -0.141. The predicted octanol–water partition coefficient (Wildman–Crippen LogP) is 2.85. The number of hydrogen-bond acceptors (Lipinski definition) is 3.